The van der Waals surface area contributed by atoms with Crippen molar-refractivity contribution in [3.63, 3.8) is 0 Å². The number of aromatic nitrogens is 3. The Kier molecular flexibility index (Phi) is 4.48. The van der Waals surface area contributed by atoms with Crippen molar-refractivity contribution in [3.8, 4) is 0 Å². The molecule has 0 amide bonds. The summed E-state index contributed by atoms with van der Waals surface area (Å²) in [5, 5.41) is 8.25. The van der Waals surface area contributed by atoms with E-state index in [1.54, 1.807) is 24.3 Å². The summed E-state index contributed by atoms with van der Waals surface area (Å²) in [6, 6.07) is 13.1. The predicted molar refractivity (Wildman–Crippen MR) is 96.7 cm³/mol. The SMILES string of the molecule is O=C(Cc1ccc2c(c1)CCCC2)OCn1nnc2ccccc2c1=O. The van der Waals surface area contributed by atoms with E-state index in [2.05, 4.69) is 22.4 Å². The Morgan fingerprint density at radius 1 is 1.08 bits per heavy atom. The van der Waals surface area contributed by atoms with Gasteiger partial charge in [-0.3, -0.25) is 9.59 Å². The zero-order valence-corrected chi connectivity index (χ0v) is 14.4. The summed E-state index contributed by atoms with van der Waals surface area (Å²) in [4.78, 5) is 24.5. The summed E-state index contributed by atoms with van der Waals surface area (Å²) in [7, 11) is 0. The highest BCUT2D eigenvalue weighted by Gasteiger charge is 2.12. The summed E-state index contributed by atoms with van der Waals surface area (Å²) in [5.41, 5.74) is 3.85. The second-order valence-corrected chi connectivity index (χ2v) is 6.54. The molecule has 0 fully saturated rings. The highest BCUT2D eigenvalue weighted by Crippen LogP contribution is 2.22. The van der Waals surface area contributed by atoms with Crippen LogP contribution in [-0.2, 0) is 35.5 Å². The summed E-state index contributed by atoms with van der Waals surface area (Å²) in [6.45, 7) is -0.236. The van der Waals surface area contributed by atoms with E-state index in [0.29, 0.717) is 10.9 Å². The molecule has 3 aromatic rings. The van der Waals surface area contributed by atoms with E-state index in [-0.39, 0.29) is 24.7 Å². The number of rotatable bonds is 4. The van der Waals surface area contributed by atoms with Gasteiger partial charge in [-0.1, -0.05) is 35.5 Å². The zero-order chi connectivity index (χ0) is 17.9. The molecule has 0 atom stereocenters. The molecule has 0 N–H and O–H groups in total. The third kappa shape index (κ3) is 3.35. The monoisotopic (exact) mass is 349 g/mol. The molecular formula is C20H19N3O3. The van der Waals surface area contributed by atoms with Crippen LogP contribution in [0.2, 0.25) is 0 Å². The zero-order valence-electron chi connectivity index (χ0n) is 14.4. The fraction of sp³-hybridized carbons (Fsp3) is 0.300. The summed E-state index contributed by atoms with van der Waals surface area (Å²) in [5.74, 6) is -0.386. The molecule has 1 aromatic heterocycles. The van der Waals surface area contributed by atoms with Crippen LogP contribution in [0.4, 0.5) is 0 Å². The van der Waals surface area contributed by atoms with Crippen LogP contribution < -0.4 is 5.56 Å². The molecule has 2 aromatic carbocycles. The van der Waals surface area contributed by atoms with Crippen LogP contribution in [0.5, 0.6) is 0 Å². The van der Waals surface area contributed by atoms with E-state index in [1.807, 2.05) is 6.07 Å². The Morgan fingerprint density at radius 3 is 2.77 bits per heavy atom. The average molecular weight is 349 g/mol. The molecule has 4 rings (SSSR count). The van der Waals surface area contributed by atoms with Crippen LogP contribution in [0.3, 0.4) is 0 Å². The van der Waals surface area contributed by atoms with Crippen LogP contribution in [0.25, 0.3) is 10.9 Å². The van der Waals surface area contributed by atoms with Gasteiger partial charge in [-0.2, -0.15) is 4.68 Å². The highest BCUT2D eigenvalue weighted by molar-refractivity contribution is 5.76. The van der Waals surface area contributed by atoms with Crippen LogP contribution in [-0.4, -0.2) is 21.0 Å². The lowest BCUT2D eigenvalue weighted by molar-refractivity contribution is -0.147. The van der Waals surface area contributed by atoms with Crippen molar-refractivity contribution in [3.05, 3.63) is 69.5 Å². The molecule has 1 aliphatic carbocycles. The molecule has 0 aliphatic heterocycles. The summed E-state index contributed by atoms with van der Waals surface area (Å²) < 4.78 is 6.29. The van der Waals surface area contributed by atoms with Gasteiger partial charge in [-0.15, -0.1) is 5.10 Å². The van der Waals surface area contributed by atoms with Gasteiger partial charge in [0.15, 0.2) is 6.73 Å². The minimum absolute atomic E-state index is 0.184. The number of carbonyl (C=O) groups is 1. The van der Waals surface area contributed by atoms with Crippen LogP contribution >= 0.6 is 0 Å². The van der Waals surface area contributed by atoms with Gasteiger partial charge in [-0.05, 0) is 54.5 Å². The Bertz CT molecular complexity index is 1030. The Balaban J connectivity index is 1.43. The van der Waals surface area contributed by atoms with Crippen LogP contribution in [0.15, 0.2) is 47.3 Å². The lowest BCUT2D eigenvalue weighted by Crippen LogP contribution is -2.26. The molecule has 0 bridgehead atoms. The lowest BCUT2D eigenvalue weighted by Gasteiger charge is -2.16. The second-order valence-electron chi connectivity index (χ2n) is 6.54. The third-order valence-corrected chi connectivity index (χ3v) is 4.74. The molecular weight excluding hydrogens is 330 g/mol. The first-order valence-electron chi connectivity index (χ1n) is 8.79. The maximum Gasteiger partial charge on any atom is 0.312 e. The van der Waals surface area contributed by atoms with Gasteiger partial charge in [-0.25, -0.2) is 0 Å². The Hall–Kier alpha value is -3.02. The van der Waals surface area contributed by atoms with E-state index < -0.39 is 0 Å². The normalized spacial score (nSPS) is 13.4. The van der Waals surface area contributed by atoms with Gasteiger partial charge in [0, 0.05) is 0 Å². The summed E-state index contributed by atoms with van der Waals surface area (Å²) in [6.07, 6.45) is 4.80. The van der Waals surface area contributed by atoms with Crippen molar-refractivity contribution in [1.29, 1.82) is 0 Å². The standard InChI is InChI=1S/C20H19N3O3/c24-19(12-14-9-10-15-5-1-2-6-16(15)11-14)26-13-23-20(25)17-7-3-4-8-18(17)21-22-23/h3-4,7-11H,1-2,5-6,12-13H2. The van der Waals surface area contributed by atoms with Crippen molar-refractivity contribution in [2.45, 2.75) is 38.8 Å². The molecule has 0 spiro atoms. The van der Waals surface area contributed by atoms with Gasteiger partial charge in [0.05, 0.1) is 11.8 Å². The van der Waals surface area contributed by atoms with E-state index in [4.69, 9.17) is 4.74 Å². The molecule has 132 valence electrons. The number of ether oxygens (including phenoxy) is 1. The van der Waals surface area contributed by atoms with Crippen molar-refractivity contribution in [2.24, 2.45) is 0 Å². The minimum Gasteiger partial charge on any atom is -0.442 e. The fourth-order valence-electron chi connectivity index (χ4n) is 3.36. The first kappa shape index (κ1) is 16.4. The maximum atomic E-state index is 12.3. The van der Waals surface area contributed by atoms with Gasteiger partial charge in [0.2, 0.25) is 0 Å². The number of hydrogen-bond acceptors (Lipinski definition) is 5. The smallest absolute Gasteiger partial charge is 0.312 e. The topological polar surface area (TPSA) is 74.1 Å². The maximum absolute atomic E-state index is 12.3. The van der Waals surface area contributed by atoms with Crippen molar-refractivity contribution in [2.75, 3.05) is 0 Å². The van der Waals surface area contributed by atoms with E-state index in [9.17, 15) is 9.59 Å². The number of aryl methyl sites for hydroxylation is 2. The molecule has 6 nitrogen and oxygen atoms in total. The number of benzene rings is 2. The first-order chi connectivity index (χ1) is 12.7. The molecule has 1 aliphatic rings. The van der Waals surface area contributed by atoms with E-state index in [0.717, 1.165) is 23.1 Å². The Labute approximate surface area is 150 Å². The van der Waals surface area contributed by atoms with Crippen LogP contribution in [0.1, 0.15) is 29.5 Å². The molecule has 1 heterocycles. The van der Waals surface area contributed by atoms with Crippen molar-refractivity contribution < 1.29 is 9.53 Å². The highest BCUT2D eigenvalue weighted by atomic mass is 16.5. The molecule has 0 saturated carbocycles. The molecule has 0 saturated heterocycles. The Morgan fingerprint density at radius 2 is 1.88 bits per heavy atom. The molecule has 26 heavy (non-hydrogen) atoms. The first-order valence-corrected chi connectivity index (χ1v) is 8.79. The largest absolute Gasteiger partial charge is 0.442 e. The van der Waals surface area contributed by atoms with Gasteiger partial charge < -0.3 is 4.74 Å². The molecule has 0 radical (unpaired) electrons. The third-order valence-electron chi connectivity index (χ3n) is 4.74. The van der Waals surface area contributed by atoms with E-state index in [1.165, 1.54) is 24.0 Å². The fourth-order valence-corrected chi connectivity index (χ4v) is 3.36. The second kappa shape index (κ2) is 7.07. The lowest BCUT2D eigenvalue weighted by atomic mass is 9.90. The van der Waals surface area contributed by atoms with Gasteiger partial charge in [0.25, 0.3) is 5.56 Å². The minimum atomic E-state index is -0.386. The van der Waals surface area contributed by atoms with Crippen LogP contribution in [0, 0.1) is 0 Å². The molecule has 0 unspecified atom stereocenters. The number of carbonyl (C=O) groups excluding carboxylic acids is 1. The van der Waals surface area contributed by atoms with Gasteiger partial charge >= 0.3 is 5.97 Å². The quantitative estimate of drug-likeness (QED) is 0.676. The van der Waals surface area contributed by atoms with Gasteiger partial charge in [0.1, 0.15) is 5.52 Å². The number of nitrogens with zero attached hydrogens (tertiary/aromatic N) is 3. The summed E-state index contributed by atoms with van der Waals surface area (Å²) >= 11 is 0. The predicted octanol–water partition coefficient (Wildman–Crippen LogP) is 2.41. The van der Waals surface area contributed by atoms with Crippen molar-refractivity contribution in [1.82, 2.24) is 15.0 Å². The average Bonchev–Trinajstić information content (AvgIpc) is 2.67. The molecule has 6 heteroatoms. The number of hydrogen-bond donors (Lipinski definition) is 0. The number of esters is 1. The van der Waals surface area contributed by atoms with Crippen molar-refractivity contribution >= 4 is 16.9 Å². The van der Waals surface area contributed by atoms with E-state index >= 15 is 0 Å². The number of fused-ring (bicyclic) bond motifs is 2.